The molecule has 394 valence electrons. The lowest BCUT2D eigenvalue weighted by Crippen LogP contribution is -2.52. The summed E-state index contributed by atoms with van der Waals surface area (Å²) in [7, 11) is 0. The van der Waals surface area contributed by atoms with Crippen molar-refractivity contribution in [2.75, 3.05) is 39.5 Å². The van der Waals surface area contributed by atoms with Gasteiger partial charge in [-0.25, -0.2) is 14.2 Å². The Bertz CT molecular complexity index is 3300. The fourth-order valence-corrected chi connectivity index (χ4v) is 9.48. The fraction of sp³-hybridized carbons (Fsp3) is 0.404. The van der Waals surface area contributed by atoms with Crippen LogP contribution in [-0.2, 0) is 84.2 Å². The van der Waals surface area contributed by atoms with Crippen LogP contribution in [0.3, 0.4) is 0 Å². The van der Waals surface area contributed by atoms with Gasteiger partial charge in [-0.05, 0) is 67.3 Å². The highest BCUT2D eigenvalue weighted by molar-refractivity contribution is 6.12. The van der Waals surface area contributed by atoms with Crippen LogP contribution in [0, 0.1) is 12.7 Å². The van der Waals surface area contributed by atoms with Gasteiger partial charge in [0, 0.05) is 61.0 Å². The molecule has 0 bridgehead atoms. The van der Waals surface area contributed by atoms with E-state index < -0.39 is 129 Å². The average Bonchev–Trinajstić information content (AvgIpc) is 3.96. The molecule has 0 fully saturated rings. The van der Waals surface area contributed by atoms with Crippen molar-refractivity contribution in [1.29, 1.82) is 0 Å². The minimum atomic E-state index is -3.64. The number of carbonyl (C=O) groups excluding carboxylic acids is 9. The third-order valence-electron chi connectivity index (χ3n) is 13.3. The van der Waals surface area contributed by atoms with Gasteiger partial charge >= 0.3 is 5.97 Å². The van der Waals surface area contributed by atoms with Crippen LogP contribution in [0.1, 0.15) is 97.2 Å². The molecule has 75 heavy (non-hydrogen) atoms. The molecule has 22 nitrogen and oxygen atoms in total. The number of hydrogen-bond donors (Lipinski definition) is 7. The number of ether oxygens (including phenoxy) is 2. The number of imide groups is 1. The van der Waals surface area contributed by atoms with E-state index in [1.165, 1.54) is 22.8 Å². The van der Waals surface area contributed by atoms with Crippen molar-refractivity contribution in [3.63, 3.8) is 0 Å². The molecule has 2 aromatic carbocycles. The molecular formula is C52H56FN9O13. The number of halogens is 1. The largest absolute Gasteiger partial charge is 0.458 e. The summed E-state index contributed by atoms with van der Waals surface area (Å²) < 4.78 is 67.4. The van der Waals surface area contributed by atoms with E-state index in [2.05, 4.69) is 31.9 Å². The molecule has 3 atom stereocenters. The summed E-state index contributed by atoms with van der Waals surface area (Å²) in [6.07, 6.45) is 0.891. The van der Waals surface area contributed by atoms with Gasteiger partial charge in [0.05, 0.1) is 54.7 Å². The number of aliphatic hydroxyl groups is 1. The number of aromatic nitrogens is 2. The van der Waals surface area contributed by atoms with Gasteiger partial charge < -0.3 is 51.0 Å². The zero-order valence-corrected chi connectivity index (χ0v) is 40.5. The zero-order chi connectivity index (χ0) is 57.8. The lowest BCUT2D eigenvalue weighted by atomic mass is 9.81. The first-order valence-electron chi connectivity index (χ1n) is 26.5. The van der Waals surface area contributed by atoms with E-state index in [9.17, 15) is 53.1 Å². The highest BCUT2D eigenvalue weighted by Gasteiger charge is 2.46. The Balaban J connectivity index is 0.835. The number of esters is 1. The number of benzene rings is 2. The Morgan fingerprint density at radius 1 is 0.907 bits per heavy atom. The molecule has 23 heteroatoms. The molecule has 3 aliphatic heterocycles. The maximum atomic E-state index is 15.5. The lowest BCUT2D eigenvalue weighted by molar-refractivity contribution is -0.172. The molecule has 0 radical (unpaired) electrons. The third-order valence-corrected chi connectivity index (χ3v) is 13.3. The summed E-state index contributed by atoms with van der Waals surface area (Å²) in [6, 6.07) is 8.96. The van der Waals surface area contributed by atoms with E-state index >= 15 is 4.39 Å². The van der Waals surface area contributed by atoms with Crippen LogP contribution < -0.4 is 37.5 Å². The summed E-state index contributed by atoms with van der Waals surface area (Å²) in [5.74, 6) is -6.93. The van der Waals surface area contributed by atoms with Gasteiger partial charge in [-0.1, -0.05) is 43.6 Å². The zero-order valence-electron chi connectivity index (χ0n) is 45.5. The Labute approximate surface area is 435 Å². The highest BCUT2D eigenvalue weighted by Crippen LogP contribution is 2.46. The van der Waals surface area contributed by atoms with Crippen LogP contribution in [0.4, 0.5) is 4.39 Å². The van der Waals surface area contributed by atoms with Crippen molar-refractivity contribution in [3.8, 4) is 11.4 Å². The maximum absolute atomic E-state index is 15.5. The number of unbranched alkanes of at least 4 members (excludes halogenated alkanes) is 2. The SMILES string of the molecule is [2H]C([2H])([2H])C([2H])([2H])[C@@]1(O)C(=O)OCc2c1cc1n(c2=O)Cc2c-1nc1cc(F)c(C)c3c1c2[C@@H](NC(=O)COCNC(=O)CNC(=O)[C@H](Cc1ccccc1)NC(=O)CNC(=O)CNC(=O)CCCCCN1C(=O)C=CC1=O)CC3. The summed E-state index contributed by atoms with van der Waals surface area (Å²) in [5.41, 5.74) is -2.57. The van der Waals surface area contributed by atoms with Gasteiger partial charge in [0.2, 0.25) is 35.4 Å². The quantitative estimate of drug-likeness (QED) is 0.0212. The molecule has 8 amide bonds. The van der Waals surface area contributed by atoms with E-state index in [0.29, 0.717) is 58.9 Å². The number of nitrogens with one attached hydrogen (secondary N) is 6. The first-order valence-corrected chi connectivity index (χ1v) is 24.0. The normalized spacial score (nSPS) is 18.7. The van der Waals surface area contributed by atoms with Gasteiger partial charge in [-0.3, -0.25) is 48.1 Å². The van der Waals surface area contributed by atoms with Gasteiger partial charge in [0.1, 0.15) is 31.8 Å². The van der Waals surface area contributed by atoms with Crippen molar-refractivity contribution >= 4 is 64.1 Å². The molecule has 0 saturated heterocycles. The van der Waals surface area contributed by atoms with Crippen molar-refractivity contribution < 1.29 is 69.0 Å². The first kappa shape index (κ1) is 46.6. The van der Waals surface area contributed by atoms with Crippen molar-refractivity contribution in [3.05, 3.63) is 110 Å². The molecule has 0 saturated carbocycles. The van der Waals surface area contributed by atoms with Crippen LogP contribution >= 0.6 is 0 Å². The number of rotatable bonds is 22. The standard InChI is InChI=1S/C52H56FN9O13/c1-3-52(73)33-19-38-48-31(24-62(38)50(71)32(33)25-75-51(52)72)47-35(14-13-30-28(2)34(53)20-36(60-48)46(30)47)58-43(67)26-74-27-57-41(65)22-56-49(70)37(18-29-10-6-4-7-11-29)59-42(66)23-55-40(64)21-54-39(63)12-8-5-9-17-61-44(68)15-16-45(61)69/h4,6-7,10-11,15-16,19-20,35,37,73H,3,5,8-9,12-14,17-18,21-27H2,1-2H3,(H,54,63)(H,55,64)(H,56,70)(H,57,65)(H,58,67)(H,59,66)/t35-,37-,52-/m0/s1/i1D3,3D2. The summed E-state index contributed by atoms with van der Waals surface area (Å²) >= 11 is 0. The highest BCUT2D eigenvalue weighted by atomic mass is 19.1. The summed E-state index contributed by atoms with van der Waals surface area (Å²) in [5, 5.41) is 27.3. The number of nitrogens with zero attached hydrogens (tertiary/aromatic N) is 3. The first-order chi connectivity index (χ1) is 37.9. The van der Waals surface area contributed by atoms with Crippen LogP contribution in [0.15, 0.2) is 59.4 Å². The molecule has 2 aromatic heterocycles. The topological polar surface area (TPSA) is 303 Å². The molecule has 0 unspecified atom stereocenters. The van der Waals surface area contributed by atoms with Crippen molar-refractivity contribution in [2.24, 2.45) is 0 Å². The second-order valence-electron chi connectivity index (χ2n) is 18.2. The van der Waals surface area contributed by atoms with E-state index in [0.717, 1.165) is 11.0 Å². The predicted octanol–water partition coefficient (Wildman–Crippen LogP) is 0.282. The van der Waals surface area contributed by atoms with Gasteiger partial charge in [0.15, 0.2) is 5.60 Å². The van der Waals surface area contributed by atoms with Crippen LogP contribution in [-0.4, -0.2) is 118 Å². The van der Waals surface area contributed by atoms with Crippen LogP contribution in [0.5, 0.6) is 0 Å². The Morgan fingerprint density at radius 3 is 2.39 bits per heavy atom. The Kier molecular flexibility index (Phi) is 14.2. The van der Waals surface area contributed by atoms with E-state index in [-0.39, 0.29) is 66.6 Å². The smallest absolute Gasteiger partial charge is 0.343 e. The number of aryl methyl sites for hydroxylation is 1. The van der Waals surface area contributed by atoms with E-state index in [1.54, 1.807) is 37.3 Å². The number of pyridine rings is 2. The second-order valence-corrected chi connectivity index (χ2v) is 18.2. The minimum absolute atomic E-state index is 0.00441. The number of hydrogen-bond acceptors (Lipinski definition) is 14. The molecule has 1 aliphatic carbocycles. The third kappa shape index (κ3) is 11.6. The van der Waals surface area contributed by atoms with Crippen molar-refractivity contribution in [2.45, 2.75) is 95.9 Å². The van der Waals surface area contributed by atoms with E-state index in [4.69, 9.17) is 21.3 Å². The molecule has 5 heterocycles. The van der Waals surface area contributed by atoms with Gasteiger partial charge in [-0.15, -0.1) is 0 Å². The number of amides is 8. The molecular weight excluding hydrogens is 978 g/mol. The Hall–Kier alpha value is -8.18. The maximum Gasteiger partial charge on any atom is 0.343 e. The van der Waals surface area contributed by atoms with Crippen molar-refractivity contribution in [1.82, 2.24) is 46.4 Å². The molecule has 4 aliphatic rings. The number of cyclic esters (lactones) is 1. The minimum Gasteiger partial charge on any atom is -0.458 e. The van der Waals surface area contributed by atoms with Gasteiger partial charge in [-0.2, -0.15) is 0 Å². The van der Waals surface area contributed by atoms with Crippen LogP contribution in [0.25, 0.3) is 22.3 Å². The van der Waals surface area contributed by atoms with Crippen LogP contribution in [0.2, 0.25) is 0 Å². The number of fused-ring (bicyclic) bond motifs is 5. The number of carbonyl (C=O) groups is 9. The fourth-order valence-electron chi connectivity index (χ4n) is 9.48. The molecule has 8 rings (SSSR count). The molecule has 0 spiro atoms. The predicted molar refractivity (Wildman–Crippen MR) is 263 cm³/mol. The second kappa shape index (κ2) is 22.9. The summed E-state index contributed by atoms with van der Waals surface area (Å²) in [6.45, 7) is -5.22. The molecule has 4 aromatic rings. The molecule has 7 N–H and O–H groups in total. The monoisotopic (exact) mass is 1040 g/mol. The summed E-state index contributed by atoms with van der Waals surface area (Å²) in [4.78, 5) is 134. The lowest BCUT2D eigenvalue weighted by Gasteiger charge is -2.31. The van der Waals surface area contributed by atoms with E-state index in [1.807, 2.05) is 0 Å². The average molecular weight is 1040 g/mol. The Morgan fingerprint density at radius 2 is 1.63 bits per heavy atom. The van der Waals surface area contributed by atoms with Gasteiger partial charge in [0.25, 0.3) is 17.4 Å².